The summed E-state index contributed by atoms with van der Waals surface area (Å²) in [4.78, 5) is 25.3. The van der Waals surface area contributed by atoms with Crippen molar-refractivity contribution >= 4 is 17.7 Å². The van der Waals surface area contributed by atoms with Crippen LogP contribution in [0.25, 0.3) is 11.4 Å². The molecule has 0 atom stereocenters. The molecule has 1 aromatic carbocycles. The molecule has 37 heavy (non-hydrogen) atoms. The Morgan fingerprint density at radius 1 is 0.865 bits per heavy atom. The van der Waals surface area contributed by atoms with Crippen molar-refractivity contribution in [1.29, 1.82) is 0 Å². The summed E-state index contributed by atoms with van der Waals surface area (Å²) in [6, 6.07) is 11.7. The van der Waals surface area contributed by atoms with Crippen molar-refractivity contribution in [2.45, 2.75) is 57.9 Å². The maximum atomic E-state index is 13.6. The number of hydrogen-bond donors (Lipinski definition) is 0. The Kier molecular flexibility index (Phi) is 7.76. The number of alkyl halides is 2. The first-order valence-corrected chi connectivity index (χ1v) is 13.3. The van der Waals surface area contributed by atoms with Crippen LogP contribution in [-0.4, -0.2) is 59.2 Å². The van der Waals surface area contributed by atoms with Crippen molar-refractivity contribution in [3.63, 3.8) is 0 Å². The number of benzene rings is 1. The molecule has 196 valence electrons. The van der Waals surface area contributed by atoms with E-state index >= 15 is 0 Å². The molecule has 3 aromatic rings. The molecule has 1 saturated carbocycles. The molecule has 9 heteroatoms. The van der Waals surface area contributed by atoms with E-state index in [9.17, 15) is 8.78 Å². The van der Waals surface area contributed by atoms with Crippen molar-refractivity contribution in [2.24, 2.45) is 0 Å². The van der Waals surface area contributed by atoms with Crippen molar-refractivity contribution in [3.05, 3.63) is 53.7 Å². The van der Waals surface area contributed by atoms with E-state index in [2.05, 4.69) is 53.0 Å². The Hall–Kier alpha value is -3.36. The fourth-order valence-corrected chi connectivity index (χ4v) is 5.29. The molecule has 2 aliphatic rings. The molecule has 0 N–H and O–H groups in total. The number of halogens is 2. The van der Waals surface area contributed by atoms with E-state index in [1.807, 2.05) is 4.90 Å². The maximum Gasteiger partial charge on any atom is 0.267 e. The zero-order chi connectivity index (χ0) is 25.8. The molecule has 0 amide bonds. The highest BCUT2D eigenvalue weighted by Gasteiger charge is 2.26. The smallest absolute Gasteiger partial charge is 0.267 e. The van der Waals surface area contributed by atoms with Gasteiger partial charge in [-0.25, -0.2) is 13.8 Å². The molecule has 0 radical (unpaired) electrons. The van der Waals surface area contributed by atoms with Crippen LogP contribution in [0.1, 0.15) is 56.1 Å². The van der Waals surface area contributed by atoms with E-state index in [1.54, 1.807) is 12.3 Å². The van der Waals surface area contributed by atoms with Gasteiger partial charge >= 0.3 is 0 Å². The average molecular weight is 508 g/mol. The quantitative estimate of drug-likeness (QED) is 0.426. The predicted octanol–water partition coefficient (Wildman–Crippen LogP) is 5.67. The molecule has 5 rings (SSSR count). The molecule has 1 saturated heterocycles. The lowest BCUT2D eigenvalue weighted by Gasteiger charge is -2.32. The van der Waals surface area contributed by atoms with Gasteiger partial charge in [0.05, 0.1) is 5.56 Å². The van der Waals surface area contributed by atoms with Gasteiger partial charge in [-0.05, 0) is 38.3 Å². The predicted molar refractivity (Wildman–Crippen MR) is 144 cm³/mol. The topological polar surface area (TPSA) is 61.3 Å². The minimum absolute atomic E-state index is 0.0193. The van der Waals surface area contributed by atoms with Crippen LogP contribution in [-0.2, 0) is 0 Å². The summed E-state index contributed by atoms with van der Waals surface area (Å²) in [5.74, 6) is 2.36. The first kappa shape index (κ1) is 25.3. The number of anilines is 3. The Bertz CT molecular complexity index is 1180. The number of rotatable bonds is 6. The second-order valence-electron chi connectivity index (χ2n) is 10.1. The second kappa shape index (κ2) is 11.4. The van der Waals surface area contributed by atoms with Crippen molar-refractivity contribution in [1.82, 2.24) is 19.9 Å². The van der Waals surface area contributed by atoms with Gasteiger partial charge in [0.25, 0.3) is 6.43 Å². The molecule has 1 aliphatic carbocycles. The molecule has 0 spiro atoms. The Morgan fingerprint density at radius 3 is 2.35 bits per heavy atom. The van der Waals surface area contributed by atoms with E-state index in [0.29, 0.717) is 49.2 Å². The molecule has 2 fully saturated rings. The molecular formula is C28H35F2N7. The number of aryl methyl sites for hydroxylation is 1. The molecule has 2 aromatic heterocycles. The molecule has 7 nitrogen and oxygen atoms in total. The van der Waals surface area contributed by atoms with Crippen LogP contribution in [0.3, 0.4) is 0 Å². The lowest BCUT2D eigenvalue weighted by molar-refractivity contribution is 0.151. The first-order valence-electron chi connectivity index (χ1n) is 13.3. The number of nitrogens with zero attached hydrogens (tertiary/aromatic N) is 7. The van der Waals surface area contributed by atoms with Crippen molar-refractivity contribution in [3.8, 4) is 11.4 Å². The molecular weight excluding hydrogens is 472 g/mol. The van der Waals surface area contributed by atoms with E-state index in [4.69, 9.17) is 15.0 Å². The minimum atomic E-state index is -2.55. The zero-order valence-corrected chi connectivity index (χ0v) is 21.7. The Labute approximate surface area is 217 Å². The monoisotopic (exact) mass is 507 g/mol. The molecule has 0 unspecified atom stereocenters. The second-order valence-corrected chi connectivity index (χ2v) is 10.1. The van der Waals surface area contributed by atoms with Crippen LogP contribution in [0, 0.1) is 6.92 Å². The SMILES string of the molecule is Cc1ccc(-c2nc(N3CCCN(c4ncccc4C(F)F)CC3)nc(N(C)C3CCCCC3)n2)cc1. The average Bonchev–Trinajstić information content (AvgIpc) is 3.20. The van der Waals surface area contributed by atoms with Crippen LogP contribution in [0.2, 0.25) is 0 Å². The van der Waals surface area contributed by atoms with Crippen LogP contribution in [0.4, 0.5) is 26.5 Å². The number of aromatic nitrogens is 4. The highest BCUT2D eigenvalue weighted by molar-refractivity contribution is 5.59. The third-order valence-corrected chi connectivity index (χ3v) is 7.49. The third-order valence-electron chi connectivity index (χ3n) is 7.49. The van der Waals surface area contributed by atoms with Gasteiger partial charge in [0.2, 0.25) is 11.9 Å². The summed E-state index contributed by atoms with van der Waals surface area (Å²) in [5, 5.41) is 0. The maximum absolute atomic E-state index is 13.6. The van der Waals surface area contributed by atoms with Crippen LogP contribution >= 0.6 is 0 Å². The van der Waals surface area contributed by atoms with Gasteiger partial charge in [0.15, 0.2) is 5.82 Å². The highest BCUT2D eigenvalue weighted by Crippen LogP contribution is 2.30. The molecule has 3 heterocycles. The summed E-state index contributed by atoms with van der Waals surface area (Å²) >= 11 is 0. The lowest BCUT2D eigenvalue weighted by atomic mass is 9.95. The summed E-state index contributed by atoms with van der Waals surface area (Å²) < 4.78 is 27.2. The van der Waals surface area contributed by atoms with Gasteiger partial charge in [-0.2, -0.15) is 15.0 Å². The summed E-state index contributed by atoms with van der Waals surface area (Å²) in [6.45, 7) is 4.63. The van der Waals surface area contributed by atoms with Gasteiger partial charge in [0.1, 0.15) is 5.82 Å². The fourth-order valence-electron chi connectivity index (χ4n) is 5.29. The van der Waals surface area contributed by atoms with Gasteiger partial charge < -0.3 is 14.7 Å². The van der Waals surface area contributed by atoms with Gasteiger partial charge in [0, 0.05) is 51.0 Å². The standard InChI is InChI=1S/C28H35F2N7/c1-20-11-13-21(14-12-20)25-32-27(35(2)22-8-4-3-5-9-22)34-28(33-25)37-17-7-16-36(18-19-37)26-23(24(29)30)10-6-15-31-26/h6,10-15,22,24H,3-5,7-9,16-19H2,1-2H3. The minimum Gasteiger partial charge on any atom is -0.354 e. The Balaban J connectivity index is 1.44. The van der Waals surface area contributed by atoms with E-state index in [1.165, 1.54) is 30.9 Å². The van der Waals surface area contributed by atoms with E-state index in [0.717, 1.165) is 31.4 Å². The van der Waals surface area contributed by atoms with E-state index in [-0.39, 0.29) is 5.56 Å². The lowest BCUT2D eigenvalue weighted by Crippen LogP contribution is -2.36. The van der Waals surface area contributed by atoms with Crippen molar-refractivity contribution < 1.29 is 8.78 Å². The van der Waals surface area contributed by atoms with Crippen molar-refractivity contribution in [2.75, 3.05) is 47.9 Å². The Morgan fingerprint density at radius 2 is 1.59 bits per heavy atom. The number of pyridine rings is 1. The largest absolute Gasteiger partial charge is 0.354 e. The third kappa shape index (κ3) is 5.81. The van der Waals surface area contributed by atoms with Gasteiger partial charge in [-0.15, -0.1) is 0 Å². The molecule has 0 bridgehead atoms. The summed E-state index contributed by atoms with van der Waals surface area (Å²) in [5.41, 5.74) is 2.12. The molecule has 1 aliphatic heterocycles. The normalized spacial score (nSPS) is 17.2. The van der Waals surface area contributed by atoms with Gasteiger partial charge in [-0.1, -0.05) is 49.1 Å². The van der Waals surface area contributed by atoms with E-state index < -0.39 is 6.43 Å². The summed E-state index contributed by atoms with van der Waals surface area (Å²) in [7, 11) is 2.09. The zero-order valence-electron chi connectivity index (χ0n) is 21.7. The number of hydrogen-bond acceptors (Lipinski definition) is 7. The van der Waals surface area contributed by atoms with Crippen LogP contribution in [0.15, 0.2) is 42.6 Å². The van der Waals surface area contributed by atoms with Crippen LogP contribution < -0.4 is 14.7 Å². The fraction of sp³-hybridized carbons (Fsp3) is 0.500. The van der Waals surface area contributed by atoms with Gasteiger partial charge in [-0.3, -0.25) is 0 Å². The highest BCUT2D eigenvalue weighted by atomic mass is 19.3. The van der Waals surface area contributed by atoms with Crippen LogP contribution in [0.5, 0.6) is 0 Å². The summed E-state index contributed by atoms with van der Waals surface area (Å²) in [6.07, 6.45) is 5.85. The first-order chi connectivity index (χ1) is 18.0.